The summed E-state index contributed by atoms with van der Waals surface area (Å²) in [4.78, 5) is 11.8. The Morgan fingerprint density at radius 3 is 2.70 bits per heavy atom. The molecule has 0 bridgehead atoms. The third-order valence-electron chi connectivity index (χ3n) is 3.32. The summed E-state index contributed by atoms with van der Waals surface area (Å²) in [6.07, 6.45) is 2.82. The summed E-state index contributed by atoms with van der Waals surface area (Å²) in [6, 6.07) is 4.09. The number of nitrogens with one attached hydrogen (secondary N) is 1. The highest BCUT2D eigenvalue weighted by Gasteiger charge is 2.11. The highest BCUT2D eigenvalue weighted by Crippen LogP contribution is 2.25. The first-order valence-corrected chi connectivity index (χ1v) is 6.56. The number of hydrogen-bond acceptors (Lipinski definition) is 3. The minimum Gasteiger partial charge on any atom is -0.464 e. The molecule has 1 amide bonds. The van der Waals surface area contributed by atoms with Gasteiger partial charge in [-0.3, -0.25) is 4.79 Å². The molecule has 110 valence electrons. The monoisotopic (exact) mass is 296 g/mol. The number of nitrogens with two attached hydrogens (primary N) is 1. The number of hydrogen-bond donors (Lipinski definition) is 2. The molecule has 0 aliphatic heterocycles. The van der Waals surface area contributed by atoms with Crippen molar-refractivity contribution in [3.63, 3.8) is 0 Å². The normalized spacial score (nSPS) is 10.3. The number of carbonyl (C=O) groups excluding carboxylic acids is 1. The number of aryl methyl sites for hydroxylation is 2. The van der Waals surface area contributed by atoms with E-state index < -0.39 is 0 Å². The van der Waals surface area contributed by atoms with Gasteiger partial charge in [0, 0.05) is 17.5 Å². The SMILES string of the molecule is Cc1cc2occ(CC(=O)NCCCN)c2cc1C.Cl. The summed E-state index contributed by atoms with van der Waals surface area (Å²) in [5.74, 6) is 0.00868. The van der Waals surface area contributed by atoms with Crippen LogP contribution in [0, 0.1) is 13.8 Å². The van der Waals surface area contributed by atoms with Crippen LogP contribution >= 0.6 is 12.4 Å². The summed E-state index contributed by atoms with van der Waals surface area (Å²) >= 11 is 0. The first kappa shape index (κ1) is 16.5. The molecule has 4 nitrogen and oxygen atoms in total. The first-order chi connectivity index (χ1) is 9.11. The van der Waals surface area contributed by atoms with Gasteiger partial charge in [0.15, 0.2) is 0 Å². The number of halogens is 1. The van der Waals surface area contributed by atoms with E-state index in [0.29, 0.717) is 19.5 Å². The molecule has 0 saturated carbocycles. The molecule has 5 heteroatoms. The second kappa shape index (κ2) is 7.31. The Morgan fingerprint density at radius 2 is 2.00 bits per heavy atom. The zero-order chi connectivity index (χ0) is 13.8. The van der Waals surface area contributed by atoms with Gasteiger partial charge in [0.05, 0.1) is 12.7 Å². The van der Waals surface area contributed by atoms with Crippen LogP contribution in [-0.4, -0.2) is 19.0 Å². The van der Waals surface area contributed by atoms with Gasteiger partial charge in [-0.15, -0.1) is 12.4 Å². The van der Waals surface area contributed by atoms with E-state index in [9.17, 15) is 4.79 Å². The predicted molar refractivity (Wildman–Crippen MR) is 83.3 cm³/mol. The Bertz CT molecular complexity index is 593. The summed E-state index contributed by atoms with van der Waals surface area (Å²) < 4.78 is 5.51. The third kappa shape index (κ3) is 3.74. The second-order valence-electron chi connectivity index (χ2n) is 4.86. The Morgan fingerprint density at radius 1 is 1.30 bits per heavy atom. The summed E-state index contributed by atoms with van der Waals surface area (Å²) in [6.45, 7) is 5.33. The van der Waals surface area contributed by atoms with Crippen LogP contribution < -0.4 is 11.1 Å². The maximum atomic E-state index is 11.8. The highest BCUT2D eigenvalue weighted by atomic mass is 35.5. The van der Waals surface area contributed by atoms with Crippen LogP contribution in [0.5, 0.6) is 0 Å². The van der Waals surface area contributed by atoms with Gasteiger partial charge in [-0.25, -0.2) is 0 Å². The zero-order valence-electron chi connectivity index (χ0n) is 11.9. The van der Waals surface area contributed by atoms with Crippen molar-refractivity contribution in [3.8, 4) is 0 Å². The largest absolute Gasteiger partial charge is 0.464 e. The molecule has 0 fully saturated rings. The Balaban J connectivity index is 0.00000200. The predicted octanol–water partition coefficient (Wildman–Crippen LogP) is 2.48. The molecular formula is C15H21ClN2O2. The lowest BCUT2D eigenvalue weighted by atomic mass is 10.0. The molecule has 0 aliphatic rings. The average Bonchev–Trinajstić information content (AvgIpc) is 2.73. The van der Waals surface area contributed by atoms with Crippen molar-refractivity contribution in [2.45, 2.75) is 26.7 Å². The van der Waals surface area contributed by atoms with Crippen LogP contribution in [0.3, 0.4) is 0 Å². The van der Waals surface area contributed by atoms with Crippen molar-refractivity contribution in [2.75, 3.05) is 13.1 Å². The van der Waals surface area contributed by atoms with Gasteiger partial charge in [-0.1, -0.05) is 0 Å². The van der Waals surface area contributed by atoms with Crippen molar-refractivity contribution >= 4 is 29.3 Å². The van der Waals surface area contributed by atoms with Crippen LogP contribution in [0.25, 0.3) is 11.0 Å². The summed E-state index contributed by atoms with van der Waals surface area (Å²) in [5, 5.41) is 3.88. The van der Waals surface area contributed by atoms with Gasteiger partial charge in [-0.05, 0) is 50.1 Å². The third-order valence-corrected chi connectivity index (χ3v) is 3.32. The van der Waals surface area contributed by atoms with Crippen LogP contribution in [0.4, 0.5) is 0 Å². The van der Waals surface area contributed by atoms with Gasteiger partial charge >= 0.3 is 0 Å². The van der Waals surface area contributed by atoms with Crippen molar-refractivity contribution in [2.24, 2.45) is 5.73 Å². The second-order valence-corrected chi connectivity index (χ2v) is 4.86. The molecule has 1 aromatic carbocycles. The molecule has 3 N–H and O–H groups in total. The van der Waals surface area contributed by atoms with E-state index in [1.807, 2.05) is 6.07 Å². The van der Waals surface area contributed by atoms with E-state index in [1.54, 1.807) is 6.26 Å². The standard InChI is InChI=1S/C15H20N2O2.ClH/c1-10-6-13-12(8-15(18)17-5-3-4-16)9-19-14(13)7-11(10)2;/h6-7,9H,3-5,8,16H2,1-2H3,(H,17,18);1H. The average molecular weight is 297 g/mol. The van der Waals surface area contributed by atoms with Gasteiger partial charge < -0.3 is 15.5 Å². The van der Waals surface area contributed by atoms with Gasteiger partial charge in [0.2, 0.25) is 5.91 Å². The first-order valence-electron chi connectivity index (χ1n) is 6.56. The van der Waals surface area contributed by atoms with Crippen LogP contribution in [0.15, 0.2) is 22.8 Å². The number of fused-ring (bicyclic) bond motifs is 1. The van der Waals surface area contributed by atoms with Crippen molar-refractivity contribution in [1.29, 1.82) is 0 Å². The Kier molecular flexibility index (Phi) is 6.05. The minimum atomic E-state index is 0. The summed E-state index contributed by atoms with van der Waals surface area (Å²) in [5.41, 5.74) is 9.57. The quantitative estimate of drug-likeness (QED) is 0.833. The van der Waals surface area contributed by atoms with E-state index in [-0.39, 0.29) is 18.3 Å². The molecule has 1 heterocycles. The molecule has 0 radical (unpaired) electrons. The molecule has 0 aliphatic carbocycles. The number of benzene rings is 1. The number of amides is 1. The van der Waals surface area contributed by atoms with E-state index in [1.165, 1.54) is 11.1 Å². The fourth-order valence-corrected chi connectivity index (χ4v) is 2.04. The maximum absolute atomic E-state index is 11.8. The maximum Gasteiger partial charge on any atom is 0.224 e. The smallest absolute Gasteiger partial charge is 0.224 e. The lowest BCUT2D eigenvalue weighted by molar-refractivity contribution is -0.120. The highest BCUT2D eigenvalue weighted by molar-refractivity contribution is 5.88. The molecule has 2 rings (SSSR count). The number of carbonyl (C=O) groups is 1. The molecule has 0 atom stereocenters. The Hall–Kier alpha value is -1.52. The molecule has 0 saturated heterocycles. The molecule has 2 aromatic rings. The van der Waals surface area contributed by atoms with E-state index in [4.69, 9.17) is 10.2 Å². The van der Waals surface area contributed by atoms with Crippen molar-refractivity contribution in [3.05, 3.63) is 35.1 Å². The lowest BCUT2D eigenvalue weighted by Crippen LogP contribution is -2.27. The minimum absolute atomic E-state index is 0. The van der Waals surface area contributed by atoms with E-state index in [2.05, 4.69) is 25.2 Å². The van der Waals surface area contributed by atoms with Crippen molar-refractivity contribution < 1.29 is 9.21 Å². The van der Waals surface area contributed by atoms with Gasteiger partial charge in [0.25, 0.3) is 0 Å². The van der Waals surface area contributed by atoms with E-state index in [0.717, 1.165) is 23.0 Å². The Labute approximate surface area is 125 Å². The van der Waals surface area contributed by atoms with Crippen molar-refractivity contribution in [1.82, 2.24) is 5.32 Å². The van der Waals surface area contributed by atoms with Crippen LogP contribution in [0.1, 0.15) is 23.1 Å². The fourth-order valence-electron chi connectivity index (χ4n) is 2.04. The van der Waals surface area contributed by atoms with Crippen LogP contribution in [0.2, 0.25) is 0 Å². The lowest BCUT2D eigenvalue weighted by Gasteiger charge is -2.04. The summed E-state index contributed by atoms with van der Waals surface area (Å²) in [7, 11) is 0. The molecule has 0 unspecified atom stereocenters. The zero-order valence-corrected chi connectivity index (χ0v) is 12.7. The van der Waals surface area contributed by atoms with Gasteiger partial charge in [0.1, 0.15) is 5.58 Å². The molecular weight excluding hydrogens is 276 g/mol. The molecule has 0 spiro atoms. The van der Waals surface area contributed by atoms with E-state index >= 15 is 0 Å². The number of rotatable bonds is 5. The topological polar surface area (TPSA) is 68.3 Å². The molecule has 20 heavy (non-hydrogen) atoms. The number of furan rings is 1. The van der Waals surface area contributed by atoms with Gasteiger partial charge in [-0.2, -0.15) is 0 Å². The van der Waals surface area contributed by atoms with Crippen LogP contribution in [-0.2, 0) is 11.2 Å². The molecule has 1 aromatic heterocycles. The fraction of sp³-hybridized carbons (Fsp3) is 0.400.